The summed E-state index contributed by atoms with van der Waals surface area (Å²) in [5.74, 6) is -0.188. The number of rotatable bonds is 7. The van der Waals surface area contributed by atoms with Crippen molar-refractivity contribution in [3.8, 4) is 0 Å². The third-order valence-electron chi connectivity index (χ3n) is 16.7. The molecule has 4 amide bonds. The molecule has 2 aromatic heterocycles. The monoisotopic (exact) mass is 1020 g/mol. The largest absolute Gasteiger partial charge is 0.353 e. The summed E-state index contributed by atoms with van der Waals surface area (Å²) in [6, 6.07) is 48.6. The highest BCUT2D eigenvalue weighted by Gasteiger charge is 2.52. The minimum absolute atomic E-state index is 0. The molecule has 77 heavy (non-hydrogen) atoms. The molecule has 4 N–H and O–H groups in total. The van der Waals surface area contributed by atoms with Gasteiger partial charge in [0.1, 0.15) is 11.9 Å². The Kier molecular flexibility index (Phi) is 12.4. The molecule has 14 rings (SSSR count). The second-order valence-electron chi connectivity index (χ2n) is 22.3. The van der Waals surface area contributed by atoms with Gasteiger partial charge in [0.25, 0.3) is 0 Å². The fourth-order valence-electron chi connectivity index (χ4n) is 13.1. The van der Waals surface area contributed by atoms with Crippen molar-refractivity contribution in [3.63, 3.8) is 0 Å². The number of nitrogens with zero attached hydrogens (tertiary/aromatic N) is 4. The van der Waals surface area contributed by atoms with Crippen LogP contribution in [0, 0.1) is 5.82 Å². The first-order valence-electron chi connectivity index (χ1n) is 26.3. The van der Waals surface area contributed by atoms with Crippen molar-refractivity contribution >= 4 is 56.8 Å². The number of fused-ring (bicyclic) bond motifs is 8. The molecule has 6 aromatic carbocycles. The molecule has 8 aromatic rings. The van der Waals surface area contributed by atoms with E-state index in [4.69, 9.17) is 9.97 Å². The normalized spacial score (nSPS) is 22.8. The van der Waals surface area contributed by atoms with Crippen LogP contribution in [0.25, 0.3) is 21.8 Å². The number of para-hydroxylation sites is 2. The van der Waals surface area contributed by atoms with Gasteiger partial charge in [0.2, 0.25) is 23.6 Å². The maximum atomic E-state index is 13.5. The number of hydrogen-bond acceptors (Lipinski definition) is 8. The molecule has 2 spiro atoms. The van der Waals surface area contributed by atoms with Gasteiger partial charge >= 0.3 is 0 Å². The summed E-state index contributed by atoms with van der Waals surface area (Å²) in [6.07, 6.45) is 3.40. The van der Waals surface area contributed by atoms with E-state index < -0.39 is 16.9 Å². The Morgan fingerprint density at radius 2 is 1.09 bits per heavy atom. The predicted molar refractivity (Wildman–Crippen MR) is 298 cm³/mol. The molecule has 0 radical (unpaired) electrons. The summed E-state index contributed by atoms with van der Waals surface area (Å²) < 4.78 is 13.5. The number of hydrogen-bond donors (Lipinski definition) is 4. The number of nitrogens with one attached hydrogen (secondary N) is 4. The number of aromatic nitrogens is 2. The van der Waals surface area contributed by atoms with Gasteiger partial charge in [-0.25, -0.2) is 4.39 Å². The first-order valence-corrected chi connectivity index (χ1v) is 26.3. The quantitative estimate of drug-likeness (QED) is 0.124. The molecule has 4 aliphatic heterocycles. The molecule has 0 saturated carbocycles. The van der Waals surface area contributed by atoms with Crippen molar-refractivity contribution in [2.45, 2.75) is 94.9 Å². The summed E-state index contributed by atoms with van der Waals surface area (Å²) in [6.45, 7) is 7.22. The molecule has 6 heterocycles. The molecule has 2 aliphatic carbocycles. The number of carbonyl (C=O) groups excluding carboxylic acids is 4. The van der Waals surface area contributed by atoms with E-state index in [1.165, 1.54) is 28.8 Å². The van der Waals surface area contributed by atoms with E-state index >= 15 is 0 Å². The topological polar surface area (TPSA) is 149 Å². The first kappa shape index (κ1) is 49.7. The average molecular weight is 1030 g/mol. The van der Waals surface area contributed by atoms with E-state index in [-0.39, 0.29) is 48.5 Å². The molecule has 6 aliphatic rings. The molecular weight excluding hydrogens is 964 g/mol. The zero-order chi connectivity index (χ0) is 51.9. The number of benzene rings is 6. The van der Waals surface area contributed by atoms with Crippen molar-refractivity contribution < 1.29 is 23.6 Å². The zero-order valence-corrected chi connectivity index (χ0v) is 42.5. The van der Waals surface area contributed by atoms with E-state index in [1.807, 2.05) is 60.7 Å². The standard InChI is InChI=1S/C33H32N4O2.C30H25FN4O2.CH4/c1-32(2)20-37(29(30(38)36-32)14-21-8-4-3-5-9-21)19-25-13-12-22-15-23-17-33(18-24(23)16-28(22)34-25)26-10-6-7-11-27(26)35-31(33)39;31-22-8-5-18(6-9-22)27-28(36)32-11-12-35(27)17-23-10-7-19-13-20-15-30(16-21(20)14-26(19)33-23)24-3-1-2-4-25(24)34-29(30)37;/h3-13,15-16,29H,14,17-20H2,1-2H3,(H,35,39)(H,36,38);1-10,13-14,27H,11-12,15-17H2,(H,32,36)(H,34,37);1H4/t29-,33-;27?,30-;/m01./s1. The van der Waals surface area contributed by atoms with Gasteiger partial charge in [0.15, 0.2) is 0 Å². The van der Waals surface area contributed by atoms with Crippen molar-refractivity contribution in [1.29, 1.82) is 0 Å². The van der Waals surface area contributed by atoms with Crippen molar-refractivity contribution in [1.82, 2.24) is 30.4 Å². The SMILES string of the molecule is C.CC1(C)CN(Cc2ccc3cc4c(cc3n2)C[C@]2(C4)C(=O)Nc3ccccc32)[C@@H](Cc2ccccc2)C(=O)N1.O=C1NCCN(Cc2ccc3cc4c(cc3n2)C[C@@]2(C4)C(=O)Nc3ccccc32)C1c1ccc(F)cc1. The molecule has 2 saturated heterocycles. The fourth-order valence-corrected chi connectivity index (χ4v) is 13.1. The number of anilines is 2. The van der Waals surface area contributed by atoms with Crippen LogP contribution in [-0.4, -0.2) is 74.6 Å². The van der Waals surface area contributed by atoms with Crippen LogP contribution >= 0.6 is 0 Å². The van der Waals surface area contributed by atoms with E-state index in [9.17, 15) is 23.6 Å². The Balaban J connectivity index is 0.000000153. The molecule has 12 nitrogen and oxygen atoms in total. The molecule has 13 heteroatoms. The van der Waals surface area contributed by atoms with Gasteiger partial charge in [-0.2, -0.15) is 0 Å². The predicted octanol–water partition coefficient (Wildman–Crippen LogP) is 9.22. The maximum Gasteiger partial charge on any atom is 0.242 e. The molecule has 0 bridgehead atoms. The second-order valence-corrected chi connectivity index (χ2v) is 22.3. The van der Waals surface area contributed by atoms with Crippen molar-refractivity contribution in [2.75, 3.05) is 30.3 Å². The van der Waals surface area contributed by atoms with Crippen molar-refractivity contribution in [2.24, 2.45) is 0 Å². The number of halogens is 1. The van der Waals surface area contributed by atoms with Crippen LogP contribution in [0.2, 0.25) is 0 Å². The van der Waals surface area contributed by atoms with Gasteiger partial charge in [-0.3, -0.25) is 38.9 Å². The number of pyridine rings is 2. The van der Waals surface area contributed by atoms with Gasteiger partial charge < -0.3 is 21.3 Å². The lowest BCUT2D eigenvalue weighted by atomic mass is 9.79. The van der Waals surface area contributed by atoms with E-state index in [0.29, 0.717) is 58.3 Å². The number of carbonyl (C=O) groups is 4. The van der Waals surface area contributed by atoms with Crippen LogP contribution < -0.4 is 21.3 Å². The maximum absolute atomic E-state index is 13.5. The highest BCUT2D eigenvalue weighted by atomic mass is 19.1. The van der Waals surface area contributed by atoms with Gasteiger partial charge in [-0.15, -0.1) is 0 Å². The summed E-state index contributed by atoms with van der Waals surface area (Å²) in [4.78, 5) is 66.6. The Morgan fingerprint density at radius 3 is 1.65 bits per heavy atom. The third kappa shape index (κ3) is 8.90. The molecule has 1 unspecified atom stereocenters. The Bertz CT molecular complexity index is 3700. The highest BCUT2D eigenvalue weighted by Crippen LogP contribution is 2.49. The highest BCUT2D eigenvalue weighted by molar-refractivity contribution is 6.08. The summed E-state index contributed by atoms with van der Waals surface area (Å²) in [5.41, 5.74) is 12.9. The summed E-state index contributed by atoms with van der Waals surface area (Å²) in [5, 5.41) is 14.4. The van der Waals surface area contributed by atoms with Crippen LogP contribution in [0.15, 0.2) is 152 Å². The molecule has 2 fully saturated rings. The van der Waals surface area contributed by atoms with Crippen LogP contribution in [0.4, 0.5) is 15.8 Å². The average Bonchev–Trinajstić information content (AvgIpc) is 4.29. The fraction of sp³-hybridized carbons (Fsp3) is 0.281. The van der Waals surface area contributed by atoms with Crippen LogP contribution in [0.3, 0.4) is 0 Å². The van der Waals surface area contributed by atoms with Crippen LogP contribution in [0.1, 0.15) is 83.2 Å². The number of piperazine rings is 2. The van der Waals surface area contributed by atoms with Gasteiger partial charge in [0.05, 0.1) is 39.3 Å². The zero-order valence-electron chi connectivity index (χ0n) is 42.5. The molecule has 4 atom stereocenters. The summed E-state index contributed by atoms with van der Waals surface area (Å²) in [7, 11) is 0. The Hall–Kier alpha value is -8.13. The van der Waals surface area contributed by atoms with E-state index in [2.05, 4.69) is 112 Å². The van der Waals surface area contributed by atoms with Crippen molar-refractivity contribution in [3.05, 3.63) is 213 Å². The second kappa shape index (κ2) is 19.2. The van der Waals surface area contributed by atoms with Gasteiger partial charge in [-0.1, -0.05) is 98.4 Å². The lowest BCUT2D eigenvalue weighted by molar-refractivity contribution is -0.133. The van der Waals surface area contributed by atoms with Gasteiger partial charge in [-0.05, 0) is 151 Å². The first-order chi connectivity index (χ1) is 36.8. The molecular formula is C64H61FN8O4. The summed E-state index contributed by atoms with van der Waals surface area (Å²) >= 11 is 0. The van der Waals surface area contributed by atoms with E-state index in [0.717, 1.165) is 78.9 Å². The Morgan fingerprint density at radius 1 is 0.584 bits per heavy atom. The Labute approximate surface area is 447 Å². The van der Waals surface area contributed by atoms with E-state index in [1.54, 1.807) is 12.1 Å². The van der Waals surface area contributed by atoms with Crippen LogP contribution in [0.5, 0.6) is 0 Å². The smallest absolute Gasteiger partial charge is 0.242 e. The number of amides is 4. The lowest BCUT2D eigenvalue weighted by Crippen LogP contribution is -2.64. The van der Waals surface area contributed by atoms with Gasteiger partial charge in [0, 0.05) is 60.4 Å². The third-order valence-corrected chi connectivity index (χ3v) is 16.7. The minimum Gasteiger partial charge on any atom is -0.353 e. The minimum atomic E-state index is -0.553. The lowest BCUT2D eigenvalue weighted by Gasteiger charge is -2.43. The molecule has 388 valence electrons. The van der Waals surface area contributed by atoms with Crippen LogP contribution in [-0.2, 0) is 75.2 Å².